The maximum absolute atomic E-state index is 11.9. The van der Waals surface area contributed by atoms with Crippen LogP contribution in [0.3, 0.4) is 0 Å². The smallest absolute Gasteiger partial charge is 0.407 e. The summed E-state index contributed by atoms with van der Waals surface area (Å²) in [6.45, 7) is 2.81. The van der Waals surface area contributed by atoms with Gasteiger partial charge in [-0.25, -0.2) is 14.8 Å². The standard InChI is InChI=1S/C27H28N4O2S/c32-27(33-17-22-18-34-19-29-22)28-14-11-20-12-15-31(16-13-20)26-10-4-9-25(30-26)24-8-3-6-21-5-1-2-7-23(21)24/h1-10,18-20H,11-17H2,(H,28,32). The number of piperidine rings is 1. The molecule has 1 fully saturated rings. The average molecular weight is 473 g/mol. The first-order chi connectivity index (χ1) is 16.8. The highest BCUT2D eigenvalue weighted by Crippen LogP contribution is 2.30. The summed E-state index contributed by atoms with van der Waals surface area (Å²) in [5.41, 5.74) is 4.70. The van der Waals surface area contributed by atoms with Crippen LogP contribution in [0.1, 0.15) is 25.0 Å². The molecule has 2 aromatic heterocycles. The molecular formula is C27H28N4O2S. The van der Waals surface area contributed by atoms with E-state index in [1.807, 2.05) is 5.38 Å². The van der Waals surface area contributed by atoms with Gasteiger partial charge in [-0.15, -0.1) is 11.3 Å². The number of hydrogen-bond donors (Lipinski definition) is 1. The van der Waals surface area contributed by atoms with Crippen molar-refractivity contribution in [1.29, 1.82) is 0 Å². The molecule has 5 rings (SSSR count). The van der Waals surface area contributed by atoms with E-state index in [9.17, 15) is 4.79 Å². The van der Waals surface area contributed by atoms with E-state index in [0.717, 1.165) is 49.6 Å². The number of alkyl carbamates (subject to hydrolysis) is 1. The third kappa shape index (κ3) is 5.37. The van der Waals surface area contributed by atoms with Crippen LogP contribution in [0.25, 0.3) is 22.0 Å². The molecule has 0 atom stereocenters. The maximum atomic E-state index is 11.9. The molecule has 1 aliphatic heterocycles. The van der Waals surface area contributed by atoms with Crippen molar-refractivity contribution in [2.75, 3.05) is 24.5 Å². The molecule has 1 aliphatic rings. The third-order valence-electron chi connectivity index (χ3n) is 6.40. The first kappa shape index (κ1) is 22.3. The predicted molar refractivity (Wildman–Crippen MR) is 137 cm³/mol. The van der Waals surface area contributed by atoms with Crippen molar-refractivity contribution in [1.82, 2.24) is 15.3 Å². The second kappa shape index (κ2) is 10.7. The third-order valence-corrected chi connectivity index (χ3v) is 7.03. The van der Waals surface area contributed by atoms with Gasteiger partial charge in [0.25, 0.3) is 0 Å². The van der Waals surface area contributed by atoms with Crippen LogP contribution in [0.4, 0.5) is 10.6 Å². The van der Waals surface area contributed by atoms with Crippen LogP contribution >= 0.6 is 11.3 Å². The Morgan fingerprint density at radius 3 is 2.74 bits per heavy atom. The fraction of sp³-hybridized carbons (Fsp3) is 0.296. The van der Waals surface area contributed by atoms with E-state index in [1.165, 1.54) is 27.7 Å². The summed E-state index contributed by atoms with van der Waals surface area (Å²) in [6.07, 6.45) is 2.77. The number of carbonyl (C=O) groups excluding carboxylic acids is 1. The molecule has 6 nitrogen and oxygen atoms in total. The Hall–Kier alpha value is -3.45. The van der Waals surface area contributed by atoms with E-state index in [0.29, 0.717) is 12.5 Å². The number of nitrogens with zero attached hydrogens (tertiary/aromatic N) is 3. The minimum absolute atomic E-state index is 0.221. The maximum Gasteiger partial charge on any atom is 0.407 e. The molecule has 2 aromatic carbocycles. The Morgan fingerprint density at radius 2 is 1.88 bits per heavy atom. The number of ether oxygens (including phenoxy) is 1. The lowest BCUT2D eigenvalue weighted by atomic mass is 9.93. The Labute approximate surface area is 203 Å². The fourth-order valence-electron chi connectivity index (χ4n) is 4.53. The second-order valence-corrected chi connectivity index (χ2v) is 9.33. The van der Waals surface area contributed by atoms with Crippen molar-refractivity contribution in [2.45, 2.75) is 25.9 Å². The van der Waals surface area contributed by atoms with Crippen molar-refractivity contribution < 1.29 is 9.53 Å². The topological polar surface area (TPSA) is 67.4 Å². The number of benzene rings is 2. The fourth-order valence-corrected chi connectivity index (χ4v) is 5.07. The lowest BCUT2D eigenvalue weighted by Gasteiger charge is -2.33. The predicted octanol–water partition coefficient (Wildman–Crippen LogP) is 5.89. The van der Waals surface area contributed by atoms with Gasteiger partial charge in [0.05, 0.1) is 16.9 Å². The summed E-state index contributed by atoms with van der Waals surface area (Å²) in [5, 5.41) is 7.20. The molecule has 34 heavy (non-hydrogen) atoms. The number of thiazole rings is 1. The van der Waals surface area contributed by atoms with Crippen molar-refractivity contribution >= 4 is 34.0 Å². The minimum atomic E-state index is -0.375. The molecule has 7 heteroatoms. The molecule has 1 amide bonds. The highest BCUT2D eigenvalue weighted by molar-refractivity contribution is 7.07. The number of hydrogen-bond acceptors (Lipinski definition) is 6. The molecule has 0 bridgehead atoms. The van der Waals surface area contributed by atoms with E-state index in [4.69, 9.17) is 9.72 Å². The number of pyridine rings is 1. The van der Waals surface area contributed by atoms with Crippen LogP contribution in [0.15, 0.2) is 71.6 Å². The normalized spacial score (nSPS) is 14.3. The second-order valence-electron chi connectivity index (χ2n) is 8.61. The molecule has 0 saturated carbocycles. The minimum Gasteiger partial charge on any atom is -0.443 e. The van der Waals surface area contributed by atoms with Gasteiger partial charge in [0.1, 0.15) is 12.4 Å². The molecule has 174 valence electrons. The summed E-state index contributed by atoms with van der Waals surface area (Å²) >= 11 is 1.49. The first-order valence-corrected chi connectivity index (χ1v) is 12.7. The molecule has 0 unspecified atom stereocenters. The molecule has 1 N–H and O–H groups in total. The number of rotatable bonds is 7. The van der Waals surface area contributed by atoms with Crippen LogP contribution in [0, 0.1) is 5.92 Å². The van der Waals surface area contributed by atoms with E-state index >= 15 is 0 Å². The van der Waals surface area contributed by atoms with Crippen LogP contribution in [0.5, 0.6) is 0 Å². The molecule has 4 aromatic rings. The summed E-state index contributed by atoms with van der Waals surface area (Å²) in [4.78, 5) is 23.4. The van der Waals surface area contributed by atoms with Gasteiger partial charge in [-0.1, -0.05) is 48.5 Å². The van der Waals surface area contributed by atoms with Gasteiger partial charge in [-0.2, -0.15) is 0 Å². The zero-order chi connectivity index (χ0) is 23.2. The Balaban J connectivity index is 1.12. The van der Waals surface area contributed by atoms with Gasteiger partial charge >= 0.3 is 6.09 Å². The van der Waals surface area contributed by atoms with Gasteiger partial charge in [-0.05, 0) is 48.1 Å². The quantitative estimate of drug-likeness (QED) is 0.363. The monoisotopic (exact) mass is 472 g/mol. The molecular weight excluding hydrogens is 444 g/mol. The van der Waals surface area contributed by atoms with Crippen LogP contribution in [0.2, 0.25) is 0 Å². The van der Waals surface area contributed by atoms with Crippen LogP contribution < -0.4 is 10.2 Å². The highest BCUT2D eigenvalue weighted by Gasteiger charge is 2.20. The van der Waals surface area contributed by atoms with Crippen molar-refractivity contribution in [2.24, 2.45) is 5.92 Å². The van der Waals surface area contributed by atoms with E-state index < -0.39 is 0 Å². The van der Waals surface area contributed by atoms with Gasteiger partial charge in [0, 0.05) is 30.6 Å². The number of amides is 1. The lowest BCUT2D eigenvalue weighted by Crippen LogP contribution is -2.35. The van der Waals surface area contributed by atoms with Crippen LogP contribution in [-0.4, -0.2) is 35.7 Å². The van der Waals surface area contributed by atoms with E-state index in [-0.39, 0.29) is 12.7 Å². The zero-order valence-electron chi connectivity index (χ0n) is 19.0. The summed E-state index contributed by atoms with van der Waals surface area (Å²) in [6, 6.07) is 21.1. The first-order valence-electron chi connectivity index (χ1n) is 11.7. The highest BCUT2D eigenvalue weighted by atomic mass is 32.1. The Kier molecular flexibility index (Phi) is 7.00. The number of carbonyl (C=O) groups is 1. The van der Waals surface area contributed by atoms with Gasteiger partial charge < -0.3 is 15.0 Å². The SMILES string of the molecule is O=C(NCCC1CCN(c2cccc(-c3cccc4ccccc34)n2)CC1)OCc1cscn1. The van der Waals surface area contributed by atoms with E-state index in [1.54, 1.807) is 5.51 Å². The zero-order valence-corrected chi connectivity index (χ0v) is 19.8. The molecule has 3 heterocycles. The number of anilines is 1. The average Bonchev–Trinajstić information content (AvgIpc) is 3.41. The Bertz CT molecular complexity index is 1230. The lowest BCUT2D eigenvalue weighted by molar-refractivity contribution is 0.137. The number of fused-ring (bicyclic) bond motifs is 1. The molecule has 0 spiro atoms. The summed E-state index contributed by atoms with van der Waals surface area (Å²) < 4.78 is 5.20. The molecule has 1 saturated heterocycles. The van der Waals surface area contributed by atoms with Crippen molar-refractivity contribution in [3.8, 4) is 11.3 Å². The number of nitrogens with one attached hydrogen (secondary N) is 1. The van der Waals surface area contributed by atoms with E-state index in [2.05, 4.69) is 75.9 Å². The van der Waals surface area contributed by atoms with Gasteiger partial charge in [-0.3, -0.25) is 0 Å². The number of aromatic nitrogens is 2. The summed E-state index contributed by atoms with van der Waals surface area (Å²) in [7, 11) is 0. The largest absolute Gasteiger partial charge is 0.443 e. The van der Waals surface area contributed by atoms with Crippen LogP contribution in [-0.2, 0) is 11.3 Å². The molecule has 0 radical (unpaired) electrons. The van der Waals surface area contributed by atoms with Gasteiger partial charge in [0.2, 0.25) is 0 Å². The van der Waals surface area contributed by atoms with Crippen molar-refractivity contribution in [3.63, 3.8) is 0 Å². The van der Waals surface area contributed by atoms with Gasteiger partial charge in [0.15, 0.2) is 0 Å². The summed E-state index contributed by atoms with van der Waals surface area (Å²) in [5.74, 6) is 1.63. The molecule has 0 aliphatic carbocycles. The van der Waals surface area contributed by atoms with Crippen molar-refractivity contribution in [3.05, 3.63) is 77.2 Å². The Morgan fingerprint density at radius 1 is 1.06 bits per heavy atom.